The number of rotatable bonds is 30. The van der Waals surface area contributed by atoms with Gasteiger partial charge in [-0.2, -0.15) is 0 Å². The molecule has 25 nitrogen and oxygen atoms in total. The van der Waals surface area contributed by atoms with Gasteiger partial charge in [-0.25, -0.2) is 4.39 Å². The highest BCUT2D eigenvalue weighted by molar-refractivity contribution is 5.96. The summed E-state index contributed by atoms with van der Waals surface area (Å²) in [4.78, 5) is 152. The first kappa shape index (κ1) is 73.1. The molecule has 3 aliphatic rings. The van der Waals surface area contributed by atoms with E-state index in [1.165, 1.54) is 17.9 Å². The number of nitrogens with one attached hydrogen (secondary N) is 8. The molecule has 1 unspecified atom stereocenters. The van der Waals surface area contributed by atoms with Gasteiger partial charge in [0.15, 0.2) is 0 Å². The molecule has 0 saturated carbocycles. The maximum Gasteiger partial charge on any atom is 0.246 e. The number of carbonyl (C=O) groups excluding carboxylic acids is 11. The zero-order chi connectivity index (χ0) is 69.4. The van der Waals surface area contributed by atoms with Gasteiger partial charge in [0.1, 0.15) is 48.4 Å². The highest BCUT2D eigenvalue weighted by atomic mass is 19.1. The average molecular weight is 1340 g/mol. The Morgan fingerprint density at radius 1 is 0.804 bits per heavy atom. The number of amides is 11. The highest BCUT2D eigenvalue weighted by Crippen LogP contribution is 2.26. The molecule has 97 heavy (non-hydrogen) atoms. The van der Waals surface area contributed by atoms with E-state index in [4.69, 9.17) is 9.47 Å². The van der Waals surface area contributed by atoms with Gasteiger partial charge in [0.05, 0.1) is 26.3 Å². The summed E-state index contributed by atoms with van der Waals surface area (Å²) in [7, 11) is 1.56. The average Bonchev–Trinajstić information content (AvgIpc) is 1.69. The fourth-order valence-electron chi connectivity index (χ4n) is 12.5. The second-order valence-electron chi connectivity index (χ2n) is 24.9. The number of unbranched alkanes of at least 4 members (excludes halogenated alkanes) is 3. The van der Waals surface area contributed by atoms with Crippen molar-refractivity contribution in [3.63, 3.8) is 0 Å². The number of nitrogens with zero attached hydrogens (tertiary/aromatic N) is 4. The van der Waals surface area contributed by atoms with Gasteiger partial charge in [0, 0.05) is 95.1 Å². The molecule has 2 saturated heterocycles. The van der Waals surface area contributed by atoms with Crippen LogP contribution in [0.5, 0.6) is 5.75 Å². The molecule has 2 fully saturated rings. The van der Waals surface area contributed by atoms with Crippen LogP contribution in [-0.4, -0.2) is 181 Å². The lowest BCUT2D eigenvalue weighted by molar-refractivity contribution is -0.143. The number of benzene rings is 4. The van der Waals surface area contributed by atoms with E-state index < -0.39 is 90.8 Å². The zero-order valence-electron chi connectivity index (χ0n) is 55.7. The van der Waals surface area contributed by atoms with Crippen molar-refractivity contribution in [2.75, 3.05) is 59.5 Å². The standard InChI is InChI=1S/C71H91FN12O13/c1-5-29-73-70(94)66-60-28-34-84(66)65(90)41-77-68(92)56(37-51-12-10-13-52(35-51)39-75-63(88)44-97-60)80-62(87)40-76-67(91)47(3)79-61(86)25-26-64(89)82(32-9-7-6-8-31-81-42-46(2)55-38-53(72)21-24-58(55)81)43-50-17-15-48(16-18-50)27-30-74-69(93)59-14-11-33-83(59)71(95)57(78-45-85)36-49-19-22-54(96-4)23-20-49/h10,12-13,15-24,35,38,42,45,47,56-57,59-60,66H,5-9,11,14,25-34,36-37,39-41,43-44H2,1-4H3,(H,73,94)(H,74,93)(H,75,88)(H,76,91)(H,77,92)(H,78,85)(H,79,86)(H,80,87)/t47-,56-,57-,59-,60-,66?/m0/s1. The van der Waals surface area contributed by atoms with Crippen LogP contribution in [0.3, 0.4) is 0 Å². The Kier molecular flexibility index (Phi) is 27.4. The topological polar surface area (TPSA) is 317 Å². The molecule has 6 atom stereocenters. The summed E-state index contributed by atoms with van der Waals surface area (Å²) in [5, 5.41) is 22.4. The van der Waals surface area contributed by atoms with E-state index in [0.717, 1.165) is 59.0 Å². The number of aryl methyl sites for hydroxylation is 2. The van der Waals surface area contributed by atoms with Crippen molar-refractivity contribution >= 4 is 76.4 Å². The molecular formula is C71H91FN12O13. The normalized spacial score (nSPS) is 18.0. The van der Waals surface area contributed by atoms with Gasteiger partial charge in [0.25, 0.3) is 0 Å². The molecule has 11 amide bonds. The van der Waals surface area contributed by atoms with Crippen molar-refractivity contribution in [2.24, 2.45) is 0 Å². The summed E-state index contributed by atoms with van der Waals surface area (Å²) in [5.41, 5.74) is 5.84. The van der Waals surface area contributed by atoms with Crippen molar-refractivity contribution in [2.45, 2.75) is 160 Å². The number of aromatic nitrogens is 1. The van der Waals surface area contributed by atoms with E-state index in [0.29, 0.717) is 81.6 Å². The predicted molar refractivity (Wildman–Crippen MR) is 358 cm³/mol. The van der Waals surface area contributed by atoms with Crippen LogP contribution in [-0.2, 0) is 96.4 Å². The lowest BCUT2D eigenvalue weighted by Crippen LogP contribution is -2.55. The maximum absolute atomic E-state index is 14.1. The first-order valence-electron chi connectivity index (χ1n) is 33.5. The largest absolute Gasteiger partial charge is 0.497 e. The molecule has 0 spiro atoms. The summed E-state index contributed by atoms with van der Waals surface area (Å²) in [6.07, 6.45) is 7.26. The van der Waals surface area contributed by atoms with Gasteiger partial charge < -0.3 is 71.3 Å². The van der Waals surface area contributed by atoms with E-state index in [1.54, 1.807) is 65.4 Å². The molecule has 0 radical (unpaired) electrons. The molecule has 520 valence electrons. The predicted octanol–water partition coefficient (Wildman–Crippen LogP) is 3.08. The van der Waals surface area contributed by atoms with Crippen molar-refractivity contribution < 1.29 is 66.6 Å². The summed E-state index contributed by atoms with van der Waals surface area (Å²) >= 11 is 0. The minimum absolute atomic E-state index is 0.0421. The van der Waals surface area contributed by atoms with Crippen molar-refractivity contribution in [3.05, 3.63) is 136 Å². The highest BCUT2D eigenvalue weighted by Gasteiger charge is 2.43. The summed E-state index contributed by atoms with van der Waals surface area (Å²) in [6.45, 7) is 6.48. The van der Waals surface area contributed by atoms with Gasteiger partial charge in [-0.3, -0.25) is 52.7 Å². The van der Waals surface area contributed by atoms with Crippen molar-refractivity contribution in [1.29, 1.82) is 0 Å². The van der Waals surface area contributed by atoms with Crippen LogP contribution in [0.25, 0.3) is 10.9 Å². The second kappa shape index (κ2) is 36.4. The molecule has 0 aliphatic carbocycles. The molecule has 3 aliphatic heterocycles. The van der Waals surface area contributed by atoms with E-state index in [9.17, 15) is 57.1 Å². The quantitative estimate of drug-likeness (QED) is 0.0243. The number of methoxy groups -OCH3 is 1. The monoisotopic (exact) mass is 1340 g/mol. The summed E-state index contributed by atoms with van der Waals surface area (Å²) < 4.78 is 27.3. The molecule has 4 aromatic carbocycles. The minimum Gasteiger partial charge on any atom is -0.497 e. The molecule has 26 heteroatoms. The third-order valence-corrected chi connectivity index (χ3v) is 17.7. The van der Waals surface area contributed by atoms with Crippen LogP contribution >= 0.6 is 0 Å². The van der Waals surface area contributed by atoms with Gasteiger partial charge in [0.2, 0.25) is 65.5 Å². The number of fused-ring (bicyclic) bond motifs is 5. The number of hydrogen-bond donors (Lipinski definition) is 8. The maximum atomic E-state index is 14.1. The number of carbonyl (C=O) groups is 11. The van der Waals surface area contributed by atoms with Crippen molar-refractivity contribution in [1.82, 2.24) is 61.8 Å². The number of hydrogen-bond acceptors (Lipinski definition) is 13. The molecule has 1 aromatic heterocycles. The molecule has 4 heterocycles. The summed E-state index contributed by atoms with van der Waals surface area (Å²) in [6, 6.07) is 21.7. The Morgan fingerprint density at radius 2 is 1.55 bits per heavy atom. The van der Waals surface area contributed by atoms with Crippen LogP contribution in [0.1, 0.15) is 111 Å². The molecule has 8 N–H and O–H groups in total. The van der Waals surface area contributed by atoms with Gasteiger partial charge in [-0.05, 0) is 123 Å². The van der Waals surface area contributed by atoms with Crippen LogP contribution in [0, 0.1) is 12.7 Å². The van der Waals surface area contributed by atoms with Gasteiger partial charge in [-0.15, -0.1) is 0 Å². The van der Waals surface area contributed by atoms with Gasteiger partial charge in [-0.1, -0.05) is 80.4 Å². The minimum atomic E-state index is -1.24. The van der Waals surface area contributed by atoms with E-state index in [-0.39, 0.29) is 81.9 Å². The lowest BCUT2D eigenvalue weighted by atomic mass is 10.0. The van der Waals surface area contributed by atoms with E-state index >= 15 is 0 Å². The first-order chi connectivity index (χ1) is 46.8. The molecule has 8 rings (SSSR count). The van der Waals surface area contributed by atoms with Crippen LogP contribution in [0.2, 0.25) is 0 Å². The van der Waals surface area contributed by atoms with Crippen LogP contribution in [0.15, 0.2) is 97.2 Å². The van der Waals surface area contributed by atoms with E-state index in [2.05, 4.69) is 47.1 Å². The summed E-state index contributed by atoms with van der Waals surface area (Å²) in [5.74, 6) is -4.74. The van der Waals surface area contributed by atoms with E-state index in [1.807, 2.05) is 56.4 Å². The third-order valence-electron chi connectivity index (χ3n) is 17.7. The Morgan fingerprint density at radius 3 is 2.31 bits per heavy atom. The number of halogens is 1. The fraction of sp³-hybridized carbons (Fsp3) is 0.479. The Bertz CT molecular complexity index is 3590. The molecular weight excluding hydrogens is 1250 g/mol. The fourth-order valence-corrected chi connectivity index (χ4v) is 12.5. The smallest absolute Gasteiger partial charge is 0.246 e. The van der Waals surface area contributed by atoms with Crippen molar-refractivity contribution in [3.8, 4) is 5.75 Å². The van der Waals surface area contributed by atoms with Gasteiger partial charge >= 0.3 is 0 Å². The molecule has 5 aromatic rings. The van der Waals surface area contributed by atoms with Crippen LogP contribution in [0.4, 0.5) is 4.39 Å². The van der Waals surface area contributed by atoms with Crippen LogP contribution < -0.4 is 47.3 Å². The number of ether oxygens (including phenoxy) is 2. The molecule has 4 bridgehead atoms. The Balaban J connectivity index is 0.828. The Labute approximate surface area is 564 Å². The third kappa shape index (κ3) is 21.4. The second-order valence-corrected chi connectivity index (χ2v) is 24.9. The SMILES string of the molecule is CCCNC(=O)C1[C@@H]2CCN1C(=O)CNC(=O)[C@@H](NC(=O)CNC(=O)[C@H](C)NC(=O)CCC(=O)N(CCCCCCn1cc(C)c3cc(F)ccc31)Cc1ccc(CCNC(=O)[C@@H]3CCCN3C(=O)[C@H](Cc3ccc(OC)cc3)NC=O)cc1)Cc1cccc(c1)CNC(=O)CO2. The Hall–Kier alpha value is -9.72. The number of likely N-dealkylation sites (tertiary alicyclic amines) is 1. The zero-order valence-corrected chi connectivity index (χ0v) is 55.7. The lowest BCUT2D eigenvalue weighted by Gasteiger charge is -2.28. The first-order valence-corrected chi connectivity index (χ1v) is 33.5.